The lowest BCUT2D eigenvalue weighted by Gasteiger charge is -2.47. The molecule has 0 aromatic rings. The summed E-state index contributed by atoms with van der Waals surface area (Å²) in [5.41, 5.74) is 10.3. The molecule has 6 unspecified atom stereocenters. The molecule has 0 radical (unpaired) electrons. The normalized spacial score (nSPS) is 52.2. The van der Waals surface area contributed by atoms with E-state index >= 15 is 0 Å². The number of ketones is 2. The number of aliphatic hydroxyl groups is 2. The Balaban J connectivity index is 0.000000157. The van der Waals surface area contributed by atoms with Crippen LogP contribution in [0.1, 0.15) is 208 Å². The topological polar surface area (TPSA) is 248 Å². The van der Waals surface area contributed by atoms with Crippen LogP contribution in [0.4, 0.5) is 0 Å². The summed E-state index contributed by atoms with van der Waals surface area (Å²) in [5.74, 6) is -0.299. The first-order valence-corrected chi connectivity index (χ1v) is 46.9. The lowest BCUT2D eigenvalue weighted by molar-refractivity contribution is -0.292. The average molecular weight is 1680 g/mol. The predicted octanol–water partition coefficient (Wildman–Crippen LogP) is 11.3. The summed E-state index contributed by atoms with van der Waals surface area (Å²) in [5, 5.41) is 21.1. The Morgan fingerprint density at radius 1 is 0.413 bits per heavy atom. The molecular weight excluding hydrogens is 1560 g/mol. The monoisotopic (exact) mass is 1680 g/mol. The Hall–Kier alpha value is -1.000. The fourth-order valence-electron chi connectivity index (χ4n) is 22.6. The Morgan fingerprint density at radius 2 is 0.798 bits per heavy atom. The number of nitrogens with two attached hydrogens (primary N) is 1. The zero-order valence-electron chi connectivity index (χ0n) is 62.0. The van der Waals surface area contributed by atoms with Crippen LogP contribution in [0, 0.1) is 35.5 Å². The van der Waals surface area contributed by atoms with Crippen LogP contribution in [-0.4, -0.2) is 223 Å². The molecule has 104 heavy (non-hydrogen) atoms. The lowest BCUT2D eigenvalue weighted by Crippen LogP contribution is -2.61. The minimum absolute atomic E-state index is 0.00127. The third-order valence-electron chi connectivity index (χ3n) is 28.6. The smallest absolute Gasteiger partial charge is 0.172 e. The van der Waals surface area contributed by atoms with Gasteiger partial charge in [0.15, 0.2) is 11.6 Å². The number of aliphatic hydroxyl groups excluding tert-OH is 2. The number of fused-ring (bicyclic) bond motifs is 12. The zero-order chi connectivity index (χ0) is 72.4. The van der Waals surface area contributed by atoms with E-state index in [0.29, 0.717) is 88.9 Å². The lowest BCUT2D eigenvalue weighted by atomic mass is 9.78. The standard InChI is InChI=1S/C41H60O10.C40H59NO10.I2/c1-6-24(42)17-32-23(5)29-16-25(43)15-27-8-10-31-36(46-27)40-39-38(48-31)37-35(49-39)19-41(50-37,51-40)12-11-28-14-21(3)30(44-28)9-7-26-13-20(2)22(4)33(45-26)18-34(29)47-32;1-19-11-25-5-7-29-20(2)12-27(44-29)9-10-40-17-34-36(50-40)37-38(49-34)39(51-40)35-30(48-37)8-6-26(46-35)13-23(42)14-28-22(4)31(15-24(43)18-41)47-33(28)16-32(45-25)21(19)3;1-2/h20,23-24,26-40,42H,3-4,6-19H2,1-2,5H3;19,22,24-39,43H,2-3,5-18,41H2,1,4H3;/t20-,23-,24-,26+,27?,28+,29-,30?,31+,32-,33?,34+,35-,36+,37+,38+,39-,40+,41+;19-,22-,24+,25+,26?,27+,28-,29?,30+,31-,32?,33+,34-,35+,36+,37+,38-,39+,40+;/m11./s1. The van der Waals surface area contributed by atoms with Gasteiger partial charge in [-0.2, -0.15) is 0 Å². The maximum Gasteiger partial charge on any atom is 0.172 e. The van der Waals surface area contributed by atoms with Crippen LogP contribution >= 0.6 is 37.2 Å². The molecule has 20 aliphatic rings. The van der Waals surface area contributed by atoms with Gasteiger partial charge in [0.05, 0.1) is 122 Å². The summed E-state index contributed by atoms with van der Waals surface area (Å²) in [6, 6.07) is 0. The summed E-state index contributed by atoms with van der Waals surface area (Å²) in [6.07, 6.45) is 14.3. The summed E-state index contributed by atoms with van der Waals surface area (Å²) >= 11 is 4.24. The van der Waals surface area contributed by atoms with Crippen molar-refractivity contribution in [2.45, 2.75) is 403 Å². The van der Waals surface area contributed by atoms with Crippen molar-refractivity contribution < 1.29 is 95.6 Å². The van der Waals surface area contributed by atoms with E-state index in [0.717, 1.165) is 119 Å². The maximum atomic E-state index is 14.0. The Kier molecular flexibility index (Phi) is 23.5. The largest absolute Gasteiger partial charge is 0.393 e. The van der Waals surface area contributed by atoms with E-state index in [2.05, 4.69) is 91.2 Å². The number of hydrogen-bond acceptors (Lipinski definition) is 21. The average Bonchev–Trinajstić information content (AvgIpc) is 1.55. The minimum Gasteiger partial charge on any atom is -0.393 e. The fraction of sp³-hybridized carbons (Fsp3) is 0.877. The van der Waals surface area contributed by atoms with Gasteiger partial charge in [0, 0.05) is 114 Å². The molecule has 24 bridgehead atoms. The molecule has 20 saturated heterocycles. The minimum atomic E-state index is -0.765. The van der Waals surface area contributed by atoms with Crippen molar-refractivity contribution >= 4 is 48.8 Å². The van der Waals surface area contributed by atoms with Crippen LogP contribution < -0.4 is 5.73 Å². The molecule has 0 amide bonds. The fourth-order valence-corrected chi connectivity index (χ4v) is 22.6. The van der Waals surface area contributed by atoms with Gasteiger partial charge < -0.3 is 91.7 Å². The first kappa shape index (κ1) is 77.0. The Morgan fingerprint density at radius 3 is 1.23 bits per heavy atom. The SMILES string of the molecule is C=C1C[C@@H]2CC[C@@]34C[C@H]5O[C@H]6[C@@H](O3)[C@H]3OC(CC[C@@H]3O[C@H]6[C@H]5O4)CC(=O)C[C@@H]3[C@@H](C)[C@@H](C[C@H](O)CC)O[C@H]3CC3O[C@@H](CCC1O2)C[C@@H](C)C3=C.C=C1C[C@@H]2CC[C@@]34C[C@H]5O[C@H]6[C@@H](O3)[C@H]3OC(CC[C@@H]3O[C@H]6[C@H]5O4)CC(=O)C[C@@H]3[C@@H](C)[C@@H](C[C@H](O)CN)O[C@H]3CC3O[C@@H](CCC1O2)C[C@@H](C)C3=C.II. The molecule has 0 aromatic carbocycles. The molecule has 0 aromatic heterocycles. The molecule has 4 N–H and O–H groups in total. The number of carbonyl (C=O) groups is 2. The van der Waals surface area contributed by atoms with E-state index in [9.17, 15) is 19.8 Å². The van der Waals surface area contributed by atoms with E-state index in [1.165, 1.54) is 0 Å². The highest BCUT2D eigenvalue weighted by molar-refractivity contribution is 15.0. The van der Waals surface area contributed by atoms with Crippen molar-refractivity contribution in [3.63, 3.8) is 0 Å². The summed E-state index contributed by atoms with van der Waals surface area (Å²) in [6.45, 7) is 28.9. The van der Waals surface area contributed by atoms with Crippen LogP contribution in [0.25, 0.3) is 0 Å². The first-order valence-electron chi connectivity index (χ1n) is 40.7. The molecular formula is C81H119I2NO20. The maximum absolute atomic E-state index is 14.0. The molecule has 21 nitrogen and oxygen atoms in total. The summed E-state index contributed by atoms with van der Waals surface area (Å²) < 4.78 is 108. The Bertz CT molecular complexity index is 2930. The molecule has 582 valence electrons. The van der Waals surface area contributed by atoms with Crippen molar-refractivity contribution in [1.82, 2.24) is 0 Å². The molecule has 0 saturated carbocycles. The van der Waals surface area contributed by atoms with Gasteiger partial charge in [0.2, 0.25) is 0 Å². The molecule has 20 rings (SSSR count). The van der Waals surface area contributed by atoms with Crippen molar-refractivity contribution in [3.8, 4) is 0 Å². The molecule has 20 fully saturated rings. The number of carbonyl (C=O) groups excluding carboxylic acids is 2. The first-order chi connectivity index (χ1) is 50.1. The second-order valence-corrected chi connectivity index (χ2v) is 35.3. The van der Waals surface area contributed by atoms with Gasteiger partial charge in [-0.15, -0.1) is 0 Å². The van der Waals surface area contributed by atoms with Gasteiger partial charge in [0.25, 0.3) is 0 Å². The molecule has 20 heterocycles. The number of rotatable bonds is 6. The van der Waals surface area contributed by atoms with Crippen LogP contribution in [0.3, 0.4) is 0 Å². The van der Waals surface area contributed by atoms with Gasteiger partial charge in [0.1, 0.15) is 72.6 Å². The van der Waals surface area contributed by atoms with Crippen LogP contribution in [0.5, 0.6) is 0 Å². The number of ether oxygens (including phenoxy) is 16. The number of hydrogen-bond donors (Lipinski definition) is 3. The van der Waals surface area contributed by atoms with Crippen molar-refractivity contribution in [1.29, 1.82) is 0 Å². The second kappa shape index (κ2) is 31.8. The molecule has 2 spiro atoms. The number of Topliss-reactive ketones (excluding diaryl/α,β-unsaturated/α-hetero) is 2. The van der Waals surface area contributed by atoms with Gasteiger partial charge in [-0.3, -0.25) is 9.59 Å². The van der Waals surface area contributed by atoms with E-state index < -0.39 is 23.8 Å². The van der Waals surface area contributed by atoms with Crippen molar-refractivity contribution in [2.24, 2.45) is 41.2 Å². The van der Waals surface area contributed by atoms with E-state index in [1.54, 1.807) is 0 Å². The van der Waals surface area contributed by atoms with E-state index in [1.807, 2.05) is 6.92 Å². The zero-order valence-corrected chi connectivity index (χ0v) is 66.3. The summed E-state index contributed by atoms with van der Waals surface area (Å²) in [4.78, 5) is 28.0. The summed E-state index contributed by atoms with van der Waals surface area (Å²) in [7, 11) is 0. The molecule has 0 aliphatic carbocycles. The van der Waals surface area contributed by atoms with E-state index in [4.69, 9.17) is 81.5 Å². The van der Waals surface area contributed by atoms with Gasteiger partial charge in [-0.25, -0.2) is 0 Å². The van der Waals surface area contributed by atoms with E-state index in [-0.39, 0.29) is 213 Å². The third-order valence-corrected chi connectivity index (χ3v) is 28.6. The number of halogens is 2. The Labute approximate surface area is 639 Å². The van der Waals surface area contributed by atoms with Gasteiger partial charge >= 0.3 is 0 Å². The highest BCUT2D eigenvalue weighted by Gasteiger charge is 2.71. The van der Waals surface area contributed by atoms with Gasteiger partial charge in [-0.05, 0) is 161 Å². The van der Waals surface area contributed by atoms with Crippen molar-refractivity contribution in [2.75, 3.05) is 6.54 Å². The molecule has 38 atom stereocenters. The molecule has 23 heteroatoms. The van der Waals surface area contributed by atoms with Crippen LogP contribution in [0.2, 0.25) is 0 Å². The molecule has 20 aliphatic heterocycles. The van der Waals surface area contributed by atoms with Crippen LogP contribution in [-0.2, 0) is 85.4 Å². The highest BCUT2D eigenvalue weighted by Crippen LogP contribution is 2.58. The predicted molar refractivity (Wildman–Crippen MR) is 399 cm³/mol. The van der Waals surface area contributed by atoms with Gasteiger partial charge in [-0.1, -0.05) is 60.9 Å². The van der Waals surface area contributed by atoms with Crippen molar-refractivity contribution in [3.05, 3.63) is 48.6 Å². The third kappa shape index (κ3) is 15.3. The van der Waals surface area contributed by atoms with Crippen LogP contribution in [0.15, 0.2) is 48.6 Å². The quantitative estimate of drug-likeness (QED) is 0.165. The highest BCUT2D eigenvalue weighted by atomic mass is 128. The second-order valence-electron chi connectivity index (χ2n) is 35.3.